The third kappa shape index (κ3) is 2.78. The molecule has 1 aliphatic rings. The van der Waals surface area contributed by atoms with Crippen LogP contribution in [-0.4, -0.2) is 36.6 Å². The number of pyridine rings is 1. The summed E-state index contributed by atoms with van der Waals surface area (Å²) < 4.78 is 4.74. The summed E-state index contributed by atoms with van der Waals surface area (Å²) in [7, 11) is 3.46. The molecule has 1 atom stereocenters. The highest BCUT2D eigenvalue weighted by molar-refractivity contribution is 5.90. The van der Waals surface area contributed by atoms with Gasteiger partial charge in [0.1, 0.15) is 0 Å². The van der Waals surface area contributed by atoms with Crippen LogP contribution in [0.1, 0.15) is 35.0 Å². The van der Waals surface area contributed by atoms with Gasteiger partial charge < -0.3 is 9.64 Å². The van der Waals surface area contributed by atoms with Crippen molar-refractivity contribution in [1.29, 1.82) is 0 Å². The highest BCUT2D eigenvalue weighted by atomic mass is 16.5. The Morgan fingerprint density at radius 3 is 2.89 bits per heavy atom. The van der Waals surface area contributed by atoms with Crippen LogP contribution in [0.15, 0.2) is 18.5 Å². The van der Waals surface area contributed by atoms with Crippen molar-refractivity contribution in [2.24, 2.45) is 5.92 Å². The van der Waals surface area contributed by atoms with Gasteiger partial charge in [0, 0.05) is 26.0 Å². The molecule has 0 fully saturated rings. The molecule has 0 N–H and O–H groups in total. The number of allylic oxidation sites excluding steroid dienone is 1. The van der Waals surface area contributed by atoms with Crippen molar-refractivity contribution in [3.63, 3.8) is 0 Å². The van der Waals surface area contributed by atoms with Crippen LogP contribution >= 0.6 is 0 Å². The van der Waals surface area contributed by atoms with E-state index < -0.39 is 0 Å². The number of ether oxygens (including phenoxy) is 1. The van der Waals surface area contributed by atoms with E-state index in [9.17, 15) is 4.79 Å². The zero-order valence-corrected chi connectivity index (χ0v) is 11.9. The van der Waals surface area contributed by atoms with E-state index in [0.29, 0.717) is 11.5 Å². The number of esters is 1. The number of hydrogen-bond donors (Lipinski definition) is 0. The van der Waals surface area contributed by atoms with Crippen molar-refractivity contribution in [2.45, 2.75) is 20.3 Å². The lowest BCUT2D eigenvalue weighted by Gasteiger charge is -2.27. The number of hydrogen-bond acceptors (Lipinski definition) is 4. The third-order valence-corrected chi connectivity index (χ3v) is 3.62. The fourth-order valence-electron chi connectivity index (χ4n) is 2.34. The van der Waals surface area contributed by atoms with Gasteiger partial charge in [-0.25, -0.2) is 4.79 Å². The van der Waals surface area contributed by atoms with E-state index in [4.69, 9.17) is 4.74 Å². The van der Waals surface area contributed by atoms with Crippen molar-refractivity contribution >= 4 is 11.5 Å². The van der Waals surface area contributed by atoms with Crippen LogP contribution < -0.4 is 0 Å². The average molecular weight is 260 g/mol. The minimum Gasteiger partial charge on any atom is -0.465 e. The Labute approximate surface area is 114 Å². The van der Waals surface area contributed by atoms with Gasteiger partial charge in [-0.3, -0.25) is 4.98 Å². The van der Waals surface area contributed by atoms with E-state index in [1.165, 1.54) is 12.7 Å². The summed E-state index contributed by atoms with van der Waals surface area (Å²) in [6, 6.07) is 1.97. The van der Waals surface area contributed by atoms with Gasteiger partial charge >= 0.3 is 5.97 Å². The van der Waals surface area contributed by atoms with E-state index in [0.717, 1.165) is 24.2 Å². The molecule has 102 valence electrons. The van der Waals surface area contributed by atoms with Gasteiger partial charge in [-0.05, 0) is 36.5 Å². The van der Waals surface area contributed by atoms with Gasteiger partial charge in [0.15, 0.2) is 0 Å². The molecule has 2 rings (SSSR count). The Bertz CT molecular complexity index is 523. The monoisotopic (exact) mass is 260 g/mol. The number of aryl methyl sites for hydroxylation is 1. The maximum Gasteiger partial charge on any atom is 0.339 e. The van der Waals surface area contributed by atoms with E-state index in [-0.39, 0.29) is 5.97 Å². The fourth-order valence-corrected chi connectivity index (χ4v) is 2.34. The summed E-state index contributed by atoms with van der Waals surface area (Å²) >= 11 is 0. The predicted molar refractivity (Wildman–Crippen MR) is 74.7 cm³/mol. The van der Waals surface area contributed by atoms with Gasteiger partial charge in [-0.15, -0.1) is 0 Å². The molecule has 1 aromatic rings. The molecule has 4 heteroatoms. The second-order valence-electron chi connectivity index (χ2n) is 5.13. The Morgan fingerprint density at radius 2 is 2.26 bits per heavy atom. The number of nitrogens with zero attached hydrogens (tertiary/aromatic N) is 2. The first-order valence-electron chi connectivity index (χ1n) is 6.50. The van der Waals surface area contributed by atoms with Crippen LogP contribution in [0.4, 0.5) is 0 Å². The quantitative estimate of drug-likeness (QED) is 0.766. The van der Waals surface area contributed by atoms with Crippen molar-refractivity contribution in [1.82, 2.24) is 9.88 Å². The zero-order valence-electron chi connectivity index (χ0n) is 11.9. The molecule has 0 spiro atoms. The van der Waals surface area contributed by atoms with Gasteiger partial charge in [-0.2, -0.15) is 0 Å². The first-order chi connectivity index (χ1) is 9.02. The normalized spacial score (nSPS) is 19.1. The van der Waals surface area contributed by atoms with Crippen molar-refractivity contribution in [2.75, 3.05) is 20.7 Å². The first-order valence-corrected chi connectivity index (χ1v) is 6.50. The van der Waals surface area contributed by atoms with E-state index in [2.05, 4.69) is 30.1 Å². The summed E-state index contributed by atoms with van der Waals surface area (Å²) in [4.78, 5) is 18.2. The third-order valence-electron chi connectivity index (χ3n) is 3.62. The maximum atomic E-state index is 11.6. The molecular formula is C15H20N2O2. The van der Waals surface area contributed by atoms with Crippen LogP contribution in [0.25, 0.3) is 5.57 Å². The average Bonchev–Trinajstić information content (AvgIpc) is 2.40. The van der Waals surface area contributed by atoms with E-state index >= 15 is 0 Å². The fraction of sp³-hybridized carbons (Fsp3) is 0.467. The second-order valence-corrected chi connectivity index (χ2v) is 5.13. The van der Waals surface area contributed by atoms with Gasteiger partial charge in [0.2, 0.25) is 0 Å². The van der Waals surface area contributed by atoms with Crippen molar-refractivity contribution in [3.05, 3.63) is 35.3 Å². The highest BCUT2D eigenvalue weighted by Gasteiger charge is 2.19. The molecule has 0 aliphatic carbocycles. The second kappa shape index (κ2) is 5.43. The van der Waals surface area contributed by atoms with E-state index in [1.807, 2.05) is 13.0 Å². The Balaban J connectivity index is 2.37. The molecule has 0 saturated carbocycles. The standard InChI is InChI=1S/C15H20N2O2/c1-10-5-6-17(3)9-13(10)14-7-11(2)12(8-16-14)15(18)19-4/h7-10H,5-6H2,1-4H3. The molecule has 0 saturated heterocycles. The van der Waals surface area contributed by atoms with Gasteiger partial charge in [0.05, 0.1) is 18.4 Å². The Hall–Kier alpha value is -1.84. The smallest absolute Gasteiger partial charge is 0.339 e. The molecular weight excluding hydrogens is 240 g/mol. The van der Waals surface area contributed by atoms with Crippen molar-refractivity contribution < 1.29 is 9.53 Å². The molecule has 1 aromatic heterocycles. The van der Waals surface area contributed by atoms with Gasteiger partial charge in [0.25, 0.3) is 0 Å². The summed E-state index contributed by atoms with van der Waals surface area (Å²) in [6.45, 7) is 5.20. The first kappa shape index (κ1) is 13.6. The molecule has 0 radical (unpaired) electrons. The topological polar surface area (TPSA) is 42.4 Å². The lowest BCUT2D eigenvalue weighted by atomic mass is 9.91. The number of methoxy groups -OCH3 is 1. The molecule has 0 amide bonds. The van der Waals surface area contributed by atoms with Crippen LogP contribution in [0.5, 0.6) is 0 Å². The van der Waals surface area contributed by atoms with Crippen LogP contribution in [0.2, 0.25) is 0 Å². The van der Waals surface area contributed by atoms with Crippen molar-refractivity contribution in [3.8, 4) is 0 Å². The molecule has 2 heterocycles. The van der Waals surface area contributed by atoms with Crippen LogP contribution in [0, 0.1) is 12.8 Å². The lowest BCUT2D eigenvalue weighted by Crippen LogP contribution is -2.22. The largest absolute Gasteiger partial charge is 0.465 e. The van der Waals surface area contributed by atoms with Crippen LogP contribution in [0.3, 0.4) is 0 Å². The summed E-state index contributed by atoms with van der Waals surface area (Å²) in [6.07, 6.45) is 4.88. The number of aromatic nitrogens is 1. The molecule has 4 nitrogen and oxygen atoms in total. The van der Waals surface area contributed by atoms with Crippen LogP contribution in [-0.2, 0) is 4.74 Å². The Morgan fingerprint density at radius 1 is 1.53 bits per heavy atom. The number of carbonyl (C=O) groups excluding carboxylic acids is 1. The minimum atomic E-state index is -0.334. The summed E-state index contributed by atoms with van der Waals surface area (Å²) in [5.74, 6) is 0.159. The van der Waals surface area contributed by atoms with Gasteiger partial charge in [-0.1, -0.05) is 6.92 Å². The highest BCUT2D eigenvalue weighted by Crippen LogP contribution is 2.29. The predicted octanol–water partition coefficient (Wildman–Crippen LogP) is 2.49. The molecule has 0 bridgehead atoms. The SMILES string of the molecule is COC(=O)c1cnc(C2=CN(C)CCC2C)cc1C. The summed E-state index contributed by atoms with van der Waals surface area (Å²) in [5, 5.41) is 0. The molecule has 1 unspecified atom stereocenters. The maximum absolute atomic E-state index is 11.6. The zero-order chi connectivity index (χ0) is 14.0. The Kier molecular flexibility index (Phi) is 3.88. The lowest BCUT2D eigenvalue weighted by molar-refractivity contribution is 0.0599. The molecule has 19 heavy (non-hydrogen) atoms. The number of carbonyl (C=O) groups is 1. The van der Waals surface area contributed by atoms with E-state index in [1.54, 1.807) is 6.20 Å². The summed E-state index contributed by atoms with van der Waals surface area (Å²) in [5.41, 5.74) is 3.61. The molecule has 1 aliphatic heterocycles. The molecule has 0 aromatic carbocycles. The minimum absolute atomic E-state index is 0.334. The number of rotatable bonds is 2.